The third-order valence-corrected chi connectivity index (χ3v) is 4.34. The van der Waals surface area contributed by atoms with E-state index < -0.39 is 30.1 Å². The predicted molar refractivity (Wildman–Crippen MR) is 112 cm³/mol. The van der Waals surface area contributed by atoms with Gasteiger partial charge in [-0.25, -0.2) is 9.59 Å². The van der Waals surface area contributed by atoms with E-state index in [-0.39, 0.29) is 13.2 Å². The molecule has 0 heterocycles. The van der Waals surface area contributed by atoms with Crippen molar-refractivity contribution in [3.8, 4) is 0 Å². The maximum atomic E-state index is 12.4. The molecule has 2 aromatic rings. The lowest BCUT2D eigenvalue weighted by atomic mass is 10.1. The summed E-state index contributed by atoms with van der Waals surface area (Å²) in [5.74, 6) is -0.991. The van der Waals surface area contributed by atoms with Gasteiger partial charge in [-0.2, -0.15) is 0 Å². The van der Waals surface area contributed by atoms with Crippen LogP contribution in [0.15, 0.2) is 60.7 Å². The van der Waals surface area contributed by atoms with Crippen LogP contribution in [0.1, 0.15) is 37.8 Å². The van der Waals surface area contributed by atoms with Crippen molar-refractivity contribution >= 4 is 18.0 Å². The number of amides is 2. The number of benzene rings is 2. The lowest BCUT2D eigenvalue weighted by molar-refractivity contribution is -0.149. The van der Waals surface area contributed by atoms with Gasteiger partial charge in [-0.1, -0.05) is 74.0 Å². The van der Waals surface area contributed by atoms with Crippen LogP contribution in [0.5, 0.6) is 0 Å². The van der Waals surface area contributed by atoms with Crippen LogP contribution < -0.4 is 10.6 Å². The maximum absolute atomic E-state index is 12.4. The van der Waals surface area contributed by atoms with Crippen molar-refractivity contribution < 1.29 is 23.9 Å². The average Bonchev–Trinajstić information content (AvgIpc) is 2.77. The largest absolute Gasteiger partial charge is 0.459 e. The molecule has 0 radical (unpaired) electrons. The first-order valence-corrected chi connectivity index (χ1v) is 9.97. The Morgan fingerprint density at radius 2 is 1.37 bits per heavy atom. The Kier molecular flexibility index (Phi) is 9.37. The number of carbonyl (C=O) groups is 3. The number of nitrogens with one attached hydrogen (secondary N) is 2. The molecule has 2 amide bonds. The van der Waals surface area contributed by atoms with E-state index in [1.54, 1.807) is 0 Å². The predicted octanol–water partition coefficient (Wildman–Crippen LogP) is 3.33. The molecule has 0 saturated heterocycles. The van der Waals surface area contributed by atoms with E-state index in [0.29, 0.717) is 12.8 Å². The number of esters is 1. The lowest BCUT2D eigenvalue weighted by Gasteiger charge is -2.20. The Labute approximate surface area is 176 Å². The van der Waals surface area contributed by atoms with E-state index in [1.165, 1.54) is 6.92 Å². The first-order chi connectivity index (χ1) is 14.5. The quantitative estimate of drug-likeness (QED) is 0.584. The zero-order valence-corrected chi connectivity index (χ0v) is 17.3. The van der Waals surface area contributed by atoms with Crippen molar-refractivity contribution in [1.82, 2.24) is 10.6 Å². The molecule has 0 fully saturated rings. The minimum Gasteiger partial charge on any atom is -0.459 e. The van der Waals surface area contributed by atoms with E-state index in [9.17, 15) is 14.4 Å². The Bertz CT molecular complexity index is 811. The summed E-state index contributed by atoms with van der Waals surface area (Å²) in [5, 5.41) is 5.12. The minimum absolute atomic E-state index is 0.102. The first-order valence-electron chi connectivity index (χ1n) is 9.97. The van der Waals surface area contributed by atoms with Gasteiger partial charge < -0.3 is 20.1 Å². The van der Waals surface area contributed by atoms with Crippen LogP contribution in [0.4, 0.5) is 4.79 Å². The molecule has 7 nitrogen and oxygen atoms in total. The molecule has 0 aliphatic heterocycles. The Hall–Kier alpha value is -3.35. The standard InChI is InChI=1S/C23H28N2O5/c1-3-10-20(22(27)29-15-18-11-6-4-7-12-18)25-21(26)17(2)24-23(28)30-16-19-13-8-5-9-14-19/h4-9,11-14,17,20H,3,10,15-16H2,1-2H3,(H,24,28)(H,25,26)/t17-,20+/m1/s1. The zero-order valence-electron chi connectivity index (χ0n) is 17.3. The molecule has 2 N–H and O–H groups in total. The number of carbonyl (C=O) groups excluding carboxylic acids is 3. The van der Waals surface area contributed by atoms with Crippen molar-refractivity contribution in [3.05, 3.63) is 71.8 Å². The summed E-state index contributed by atoms with van der Waals surface area (Å²) in [5.41, 5.74) is 1.71. The first kappa shape index (κ1) is 22.9. The summed E-state index contributed by atoms with van der Waals surface area (Å²) in [6.45, 7) is 3.67. The minimum atomic E-state index is -0.866. The van der Waals surface area contributed by atoms with Gasteiger partial charge in [0.2, 0.25) is 5.91 Å². The molecular formula is C23H28N2O5. The fourth-order valence-corrected chi connectivity index (χ4v) is 2.67. The molecule has 7 heteroatoms. The monoisotopic (exact) mass is 412 g/mol. The molecule has 0 aliphatic rings. The number of alkyl carbamates (subject to hydrolysis) is 1. The van der Waals surface area contributed by atoms with Gasteiger partial charge in [0.05, 0.1) is 0 Å². The van der Waals surface area contributed by atoms with E-state index >= 15 is 0 Å². The fourth-order valence-electron chi connectivity index (χ4n) is 2.67. The molecule has 0 saturated carbocycles. The second-order valence-corrected chi connectivity index (χ2v) is 6.87. The fraction of sp³-hybridized carbons (Fsp3) is 0.348. The van der Waals surface area contributed by atoms with Crippen LogP contribution in [-0.4, -0.2) is 30.1 Å². The van der Waals surface area contributed by atoms with E-state index in [4.69, 9.17) is 9.47 Å². The second-order valence-electron chi connectivity index (χ2n) is 6.87. The highest BCUT2D eigenvalue weighted by molar-refractivity contribution is 5.89. The summed E-state index contributed by atoms with van der Waals surface area (Å²) in [6.07, 6.45) is 0.414. The molecule has 2 rings (SSSR count). The van der Waals surface area contributed by atoms with Gasteiger partial charge in [-0.3, -0.25) is 4.79 Å². The second kappa shape index (κ2) is 12.3. The molecule has 30 heavy (non-hydrogen) atoms. The van der Waals surface area contributed by atoms with Gasteiger partial charge in [-0.05, 0) is 24.5 Å². The highest BCUT2D eigenvalue weighted by Crippen LogP contribution is 2.06. The van der Waals surface area contributed by atoms with Crippen molar-refractivity contribution in [1.29, 1.82) is 0 Å². The number of rotatable bonds is 10. The summed E-state index contributed by atoms with van der Waals surface area (Å²) in [6, 6.07) is 16.9. The number of hydrogen-bond donors (Lipinski definition) is 2. The van der Waals surface area contributed by atoms with Crippen LogP contribution >= 0.6 is 0 Å². The van der Waals surface area contributed by atoms with E-state index in [2.05, 4.69) is 10.6 Å². The summed E-state index contributed by atoms with van der Waals surface area (Å²) in [4.78, 5) is 36.8. The van der Waals surface area contributed by atoms with Crippen molar-refractivity contribution in [3.63, 3.8) is 0 Å². The molecule has 0 aromatic heterocycles. The summed E-state index contributed by atoms with van der Waals surface area (Å²) < 4.78 is 10.4. The third kappa shape index (κ3) is 7.95. The Balaban J connectivity index is 1.80. The van der Waals surface area contributed by atoms with Crippen LogP contribution in [0, 0.1) is 0 Å². The SMILES string of the molecule is CCC[C@H](NC(=O)[C@@H](C)NC(=O)OCc1ccccc1)C(=O)OCc1ccccc1. The van der Waals surface area contributed by atoms with Crippen molar-refractivity contribution in [2.75, 3.05) is 0 Å². The molecule has 2 atom stereocenters. The molecule has 0 bridgehead atoms. The lowest BCUT2D eigenvalue weighted by Crippen LogP contribution is -2.50. The van der Waals surface area contributed by atoms with Gasteiger partial charge in [-0.15, -0.1) is 0 Å². The Morgan fingerprint density at radius 1 is 0.833 bits per heavy atom. The van der Waals surface area contributed by atoms with Crippen LogP contribution in [-0.2, 0) is 32.3 Å². The number of ether oxygens (including phenoxy) is 2. The molecule has 160 valence electrons. The topological polar surface area (TPSA) is 93.7 Å². The van der Waals surface area contributed by atoms with Crippen molar-refractivity contribution in [2.24, 2.45) is 0 Å². The van der Waals surface area contributed by atoms with Crippen molar-refractivity contribution in [2.45, 2.75) is 52.0 Å². The van der Waals surface area contributed by atoms with E-state index in [0.717, 1.165) is 11.1 Å². The smallest absolute Gasteiger partial charge is 0.408 e. The normalized spacial score (nSPS) is 12.3. The molecule has 0 aliphatic carbocycles. The van der Waals surface area contributed by atoms with Gasteiger partial charge in [0.1, 0.15) is 25.3 Å². The zero-order chi connectivity index (χ0) is 21.8. The third-order valence-electron chi connectivity index (χ3n) is 4.34. The van der Waals surface area contributed by atoms with Gasteiger partial charge >= 0.3 is 12.1 Å². The molecular weight excluding hydrogens is 384 g/mol. The molecule has 0 spiro atoms. The van der Waals surface area contributed by atoms with Gasteiger partial charge in [0, 0.05) is 0 Å². The summed E-state index contributed by atoms with van der Waals surface area (Å²) in [7, 11) is 0. The highest BCUT2D eigenvalue weighted by Gasteiger charge is 2.25. The Morgan fingerprint density at radius 3 is 1.90 bits per heavy atom. The van der Waals surface area contributed by atoms with E-state index in [1.807, 2.05) is 67.6 Å². The van der Waals surface area contributed by atoms with Crippen LogP contribution in [0.3, 0.4) is 0 Å². The maximum Gasteiger partial charge on any atom is 0.408 e. The van der Waals surface area contributed by atoms with Crippen LogP contribution in [0.25, 0.3) is 0 Å². The highest BCUT2D eigenvalue weighted by atomic mass is 16.5. The van der Waals surface area contributed by atoms with Crippen LogP contribution in [0.2, 0.25) is 0 Å². The molecule has 2 aromatic carbocycles. The molecule has 0 unspecified atom stereocenters. The van der Waals surface area contributed by atoms with Gasteiger partial charge in [0.25, 0.3) is 0 Å². The average molecular weight is 412 g/mol. The summed E-state index contributed by atoms with van der Waals surface area (Å²) >= 11 is 0. The number of hydrogen-bond acceptors (Lipinski definition) is 5. The van der Waals surface area contributed by atoms with Gasteiger partial charge in [0.15, 0.2) is 0 Å².